The molecule has 0 bridgehead atoms. The van der Waals surface area contributed by atoms with E-state index in [1.165, 1.54) is 32.9 Å². The lowest BCUT2D eigenvalue weighted by atomic mass is 9.98. The van der Waals surface area contributed by atoms with Gasteiger partial charge in [0.25, 0.3) is 0 Å². The lowest BCUT2D eigenvalue weighted by Gasteiger charge is -2.08. The second kappa shape index (κ2) is 12.4. The van der Waals surface area contributed by atoms with Gasteiger partial charge >= 0.3 is 0 Å². The van der Waals surface area contributed by atoms with Crippen LogP contribution in [-0.4, -0.2) is 14.5 Å². The first-order valence-electron chi connectivity index (χ1n) is 19.1. The van der Waals surface area contributed by atoms with Crippen LogP contribution in [0.25, 0.3) is 116 Å². The van der Waals surface area contributed by atoms with Crippen LogP contribution >= 0.6 is 0 Å². The van der Waals surface area contributed by atoms with Gasteiger partial charge in [-0.2, -0.15) is 0 Å². The first kappa shape index (κ1) is 31.6. The van der Waals surface area contributed by atoms with Gasteiger partial charge in [0.15, 0.2) is 5.58 Å². The number of rotatable bonds is 5. The summed E-state index contributed by atoms with van der Waals surface area (Å²) in [6, 6.07) is 63.9. The van der Waals surface area contributed by atoms with E-state index in [9.17, 15) is 0 Å². The van der Waals surface area contributed by atoms with Crippen molar-refractivity contribution in [3.63, 3.8) is 0 Å². The molecule has 12 aromatic rings. The molecule has 0 saturated carbocycles. The molecule has 0 aliphatic carbocycles. The van der Waals surface area contributed by atoms with E-state index in [-0.39, 0.29) is 0 Å². The summed E-state index contributed by atoms with van der Waals surface area (Å²) in [7, 11) is 0. The van der Waals surface area contributed by atoms with Gasteiger partial charge in [0, 0.05) is 43.7 Å². The lowest BCUT2D eigenvalue weighted by Crippen LogP contribution is -1.92. The second-order valence-electron chi connectivity index (χ2n) is 14.5. The number of benzene rings is 8. The van der Waals surface area contributed by atoms with Gasteiger partial charge < -0.3 is 13.4 Å². The van der Waals surface area contributed by atoms with Crippen LogP contribution < -0.4 is 0 Å². The quantitative estimate of drug-likeness (QED) is 0.177. The molecular weight excluding hydrogens is 699 g/mol. The average Bonchev–Trinajstić information content (AvgIpc) is 3.96. The molecule has 57 heavy (non-hydrogen) atoms. The largest absolute Gasteiger partial charge is 0.456 e. The van der Waals surface area contributed by atoms with Crippen LogP contribution in [0.15, 0.2) is 197 Å². The third kappa shape index (κ3) is 4.89. The minimum atomic E-state index is 0.652. The predicted octanol–water partition coefficient (Wildman–Crippen LogP) is 14.0. The molecular formula is C52H31N3O2. The van der Waals surface area contributed by atoms with E-state index in [0.29, 0.717) is 5.58 Å². The van der Waals surface area contributed by atoms with E-state index in [4.69, 9.17) is 18.8 Å². The van der Waals surface area contributed by atoms with Crippen molar-refractivity contribution < 1.29 is 8.83 Å². The standard InChI is InChI=1S/C52H31N3O2/c1-3-11-32(12-4-1)33-21-23-34(24-22-33)38-16-9-18-41-50-52(57-51(38)41)49(53-31-54-50)40-17-10-20-47-48(40)43-30-36(26-28-46(43)56-47)35-25-27-45-42(29-35)39-15-7-8-19-44(39)55(45)37-13-5-2-6-14-37/h1-31H. The van der Waals surface area contributed by atoms with Crippen LogP contribution in [0.3, 0.4) is 0 Å². The molecule has 0 unspecified atom stereocenters. The van der Waals surface area contributed by atoms with Gasteiger partial charge in [0.1, 0.15) is 34.3 Å². The molecule has 12 rings (SSSR count). The Balaban J connectivity index is 1.00. The molecule has 5 heteroatoms. The van der Waals surface area contributed by atoms with Crippen LogP contribution in [0.1, 0.15) is 0 Å². The second-order valence-corrected chi connectivity index (χ2v) is 14.5. The minimum Gasteiger partial charge on any atom is -0.456 e. The zero-order valence-electron chi connectivity index (χ0n) is 30.6. The van der Waals surface area contributed by atoms with Crippen molar-refractivity contribution >= 4 is 65.8 Å². The molecule has 8 aromatic carbocycles. The van der Waals surface area contributed by atoms with Crippen molar-refractivity contribution in [2.24, 2.45) is 0 Å². The Bertz CT molecular complexity index is 3500. The molecule has 0 aliphatic heterocycles. The summed E-state index contributed by atoms with van der Waals surface area (Å²) in [4.78, 5) is 9.64. The number of nitrogens with zero attached hydrogens (tertiary/aromatic N) is 3. The van der Waals surface area contributed by atoms with Crippen molar-refractivity contribution in [2.75, 3.05) is 0 Å². The van der Waals surface area contributed by atoms with Crippen LogP contribution in [0, 0.1) is 0 Å². The summed E-state index contributed by atoms with van der Waals surface area (Å²) in [5.41, 5.74) is 15.7. The highest BCUT2D eigenvalue weighted by atomic mass is 16.3. The molecule has 0 radical (unpaired) electrons. The Morgan fingerprint density at radius 2 is 1.04 bits per heavy atom. The summed E-state index contributed by atoms with van der Waals surface area (Å²) < 4.78 is 15.7. The fraction of sp³-hybridized carbons (Fsp3) is 0. The van der Waals surface area contributed by atoms with E-state index in [1.54, 1.807) is 6.33 Å². The molecule has 0 N–H and O–H groups in total. The molecule has 266 valence electrons. The molecule has 0 spiro atoms. The van der Waals surface area contributed by atoms with Crippen molar-refractivity contribution in [1.29, 1.82) is 0 Å². The monoisotopic (exact) mass is 729 g/mol. The first-order valence-corrected chi connectivity index (χ1v) is 19.1. The molecule has 0 saturated heterocycles. The van der Waals surface area contributed by atoms with Gasteiger partial charge in [-0.3, -0.25) is 0 Å². The maximum absolute atomic E-state index is 6.82. The summed E-state index contributed by atoms with van der Waals surface area (Å²) in [6.45, 7) is 0. The van der Waals surface area contributed by atoms with Gasteiger partial charge in [-0.05, 0) is 82.4 Å². The van der Waals surface area contributed by atoms with Crippen molar-refractivity contribution in [3.8, 4) is 50.3 Å². The Kier molecular flexibility index (Phi) is 6.86. The predicted molar refractivity (Wildman–Crippen MR) is 233 cm³/mol. The Morgan fingerprint density at radius 1 is 0.386 bits per heavy atom. The number of para-hydroxylation sites is 3. The maximum atomic E-state index is 6.82. The number of fused-ring (bicyclic) bond motifs is 9. The summed E-state index contributed by atoms with van der Waals surface area (Å²) in [6.07, 6.45) is 1.64. The highest BCUT2D eigenvalue weighted by molar-refractivity contribution is 6.17. The number of furan rings is 2. The molecule has 4 heterocycles. The smallest absolute Gasteiger partial charge is 0.180 e. The average molecular weight is 730 g/mol. The highest BCUT2D eigenvalue weighted by Gasteiger charge is 2.22. The molecule has 4 aromatic heterocycles. The van der Waals surface area contributed by atoms with E-state index < -0.39 is 0 Å². The molecule has 0 aliphatic rings. The molecule has 0 amide bonds. The van der Waals surface area contributed by atoms with E-state index in [2.05, 4.69) is 168 Å². The normalized spacial score (nSPS) is 11.9. The summed E-state index contributed by atoms with van der Waals surface area (Å²) in [5, 5.41) is 5.40. The molecule has 0 fully saturated rings. The SMILES string of the molecule is c1ccc(-c2ccc(-c3cccc4c3oc3c(-c5cccc6oc7ccc(-c8ccc9c(c8)c8ccccc8n9-c8ccccc8)cc7c56)ncnc34)cc2)cc1. The Morgan fingerprint density at radius 3 is 1.89 bits per heavy atom. The zero-order valence-corrected chi connectivity index (χ0v) is 30.6. The van der Waals surface area contributed by atoms with Crippen molar-refractivity contribution in [1.82, 2.24) is 14.5 Å². The minimum absolute atomic E-state index is 0.652. The zero-order chi connectivity index (χ0) is 37.5. The van der Waals surface area contributed by atoms with E-state index >= 15 is 0 Å². The number of hydrogen-bond acceptors (Lipinski definition) is 4. The summed E-state index contributed by atoms with van der Waals surface area (Å²) >= 11 is 0. The van der Waals surface area contributed by atoms with Gasteiger partial charge in [-0.15, -0.1) is 0 Å². The highest BCUT2D eigenvalue weighted by Crippen LogP contribution is 2.43. The van der Waals surface area contributed by atoms with Crippen molar-refractivity contribution in [2.45, 2.75) is 0 Å². The third-order valence-electron chi connectivity index (χ3n) is 11.4. The summed E-state index contributed by atoms with van der Waals surface area (Å²) in [5.74, 6) is 0. The molecule has 5 nitrogen and oxygen atoms in total. The Labute approximate surface area is 326 Å². The van der Waals surface area contributed by atoms with Gasteiger partial charge in [0.2, 0.25) is 0 Å². The topological polar surface area (TPSA) is 57.0 Å². The van der Waals surface area contributed by atoms with Crippen molar-refractivity contribution in [3.05, 3.63) is 188 Å². The van der Waals surface area contributed by atoms with Crippen LogP contribution in [-0.2, 0) is 0 Å². The van der Waals surface area contributed by atoms with Crippen LogP contribution in [0.2, 0.25) is 0 Å². The molecule has 0 atom stereocenters. The van der Waals surface area contributed by atoms with Crippen LogP contribution in [0.4, 0.5) is 0 Å². The van der Waals surface area contributed by atoms with Crippen LogP contribution in [0.5, 0.6) is 0 Å². The van der Waals surface area contributed by atoms with E-state index in [1.807, 2.05) is 18.2 Å². The number of aromatic nitrogens is 3. The number of hydrogen-bond donors (Lipinski definition) is 0. The van der Waals surface area contributed by atoms with Gasteiger partial charge in [0.05, 0.1) is 11.0 Å². The lowest BCUT2D eigenvalue weighted by molar-refractivity contribution is 0.667. The fourth-order valence-corrected chi connectivity index (χ4v) is 8.70. The van der Waals surface area contributed by atoms with Gasteiger partial charge in [-0.1, -0.05) is 127 Å². The fourth-order valence-electron chi connectivity index (χ4n) is 8.70. The van der Waals surface area contributed by atoms with E-state index in [0.717, 1.165) is 77.6 Å². The third-order valence-corrected chi connectivity index (χ3v) is 11.4. The van der Waals surface area contributed by atoms with Gasteiger partial charge in [-0.25, -0.2) is 9.97 Å². The Hall–Kier alpha value is -7.76. The first-order chi connectivity index (χ1) is 28.3. The maximum Gasteiger partial charge on any atom is 0.180 e.